The standard InChI is InChI=1S/C20H32O2/c1-5-14-22-19-13-12-17(4)18(15-19)10-8-7-9-11-20(21)16(3)6-2/h12-13,15-16H,5-11,14H2,1-4H3. The molecule has 0 bridgehead atoms. The number of benzene rings is 1. The number of hydrogen-bond acceptors (Lipinski definition) is 2. The van der Waals surface area contributed by atoms with Crippen LogP contribution in [0.25, 0.3) is 0 Å². The third-order valence-corrected chi connectivity index (χ3v) is 4.32. The van der Waals surface area contributed by atoms with E-state index >= 15 is 0 Å². The molecule has 0 N–H and O–H groups in total. The number of aryl methyl sites for hydroxylation is 2. The van der Waals surface area contributed by atoms with Crippen LogP contribution in [0.1, 0.15) is 70.4 Å². The maximum absolute atomic E-state index is 11.8. The molecule has 2 heteroatoms. The molecule has 0 saturated heterocycles. The Balaban J connectivity index is 2.33. The lowest BCUT2D eigenvalue weighted by Crippen LogP contribution is -2.09. The van der Waals surface area contributed by atoms with Gasteiger partial charge in [0.2, 0.25) is 0 Å². The van der Waals surface area contributed by atoms with E-state index in [-0.39, 0.29) is 5.92 Å². The summed E-state index contributed by atoms with van der Waals surface area (Å²) in [5.74, 6) is 1.64. The second kappa shape index (κ2) is 10.4. The Morgan fingerprint density at radius 3 is 2.64 bits per heavy atom. The molecule has 1 atom stereocenters. The van der Waals surface area contributed by atoms with Gasteiger partial charge in [-0.1, -0.05) is 33.3 Å². The molecule has 0 saturated carbocycles. The van der Waals surface area contributed by atoms with Gasteiger partial charge in [-0.05, 0) is 62.3 Å². The van der Waals surface area contributed by atoms with E-state index in [4.69, 9.17) is 4.74 Å². The van der Waals surface area contributed by atoms with E-state index in [1.807, 2.05) is 6.92 Å². The average Bonchev–Trinajstić information content (AvgIpc) is 2.53. The molecule has 0 aromatic heterocycles. The van der Waals surface area contributed by atoms with Crippen molar-refractivity contribution in [1.29, 1.82) is 0 Å². The third-order valence-electron chi connectivity index (χ3n) is 4.32. The Labute approximate surface area is 136 Å². The molecule has 124 valence electrons. The summed E-state index contributed by atoms with van der Waals surface area (Å²) in [6, 6.07) is 6.38. The first-order valence-corrected chi connectivity index (χ1v) is 8.83. The first-order chi connectivity index (χ1) is 10.6. The summed E-state index contributed by atoms with van der Waals surface area (Å²) >= 11 is 0. The zero-order chi connectivity index (χ0) is 16.4. The molecule has 0 fully saturated rings. The molecule has 2 nitrogen and oxygen atoms in total. The van der Waals surface area contributed by atoms with Crippen molar-refractivity contribution in [2.75, 3.05) is 6.61 Å². The van der Waals surface area contributed by atoms with Crippen molar-refractivity contribution >= 4 is 5.78 Å². The van der Waals surface area contributed by atoms with Crippen molar-refractivity contribution in [2.45, 2.75) is 72.6 Å². The van der Waals surface area contributed by atoms with Crippen molar-refractivity contribution in [3.05, 3.63) is 29.3 Å². The highest BCUT2D eigenvalue weighted by molar-refractivity contribution is 5.80. The van der Waals surface area contributed by atoms with E-state index in [1.165, 1.54) is 11.1 Å². The zero-order valence-corrected chi connectivity index (χ0v) is 14.8. The van der Waals surface area contributed by atoms with Crippen molar-refractivity contribution in [3.8, 4) is 5.75 Å². The number of carbonyl (C=O) groups excluding carboxylic acids is 1. The minimum Gasteiger partial charge on any atom is -0.494 e. The van der Waals surface area contributed by atoms with Crippen molar-refractivity contribution < 1.29 is 9.53 Å². The lowest BCUT2D eigenvalue weighted by Gasteiger charge is -2.10. The predicted molar refractivity (Wildman–Crippen MR) is 93.6 cm³/mol. The van der Waals surface area contributed by atoms with Crippen LogP contribution < -0.4 is 4.74 Å². The van der Waals surface area contributed by atoms with Crippen LogP contribution in [0.5, 0.6) is 5.75 Å². The molecular formula is C20H32O2. The van der Waals surface area contributed by atoms with Crippen LogP contribution in [0.15, 0.2) is 18.2 Å². The number of unbranched alkanes of at least 4 members (excludes halogenated alkanes) is 2. The van der Waals surface area contributed by atoms with Crippen LogP contribution in [0, 0.1) is 12.8 Å². The first-order valence-electron chi connectivity index (χ1n) is 8.83. The van der Waals surface area contributed by atoms with Crippen LogP contribution in [0.2, 0.25) is 0 Å². The maximum Gasteiger partial charge on any atom is 0.135 e. The van der Waals surface area contributed by atoms with Gasteiger partial charge in [0, 0.05) is 12.3 Å². The van der Waals surface area contributed by atoms with Gasteiger partial charge in [-0.15, -0.1) is 0 Å². The minimum absolute atomic E-state index is 0.231. The monoisotopic (exact) mass is 304 g/mol. The molecule has 0 aliphatic heterocycles. The molecule has 1 aromatic carbocycles. The molecule has 0 radical (unpaired) electrons. The van der Waals surface area contributed by atoms with Crippen molar-refractivity contribution in [1.82, 2.24) is 0 Å². The van der Waals surface area contributed by atoms with Crippen molar-refractivity contribution in [3.63, 3.8) is 0 Å². The van der Waals surface area contributed by atoms with Crippen LogP contribution in [0.4, 0.5) is 0 Å². The lowest BCUT2D eigenvalue weighted by atomic mass is 9.97. The quantitative estimate of drug-likeness (QED) is 0.504. The van der Waals surface area contributed by atoms with Crippen LogP contribution in [0.3, 0.4) is 0 Å². The molecule has 0 aliphatic carbocycles. The highest BCUT2D eigenvalue weighted by atomic mass is 16.5. The molecule has 1 rings (SSSR count). The fourth-order valence-corrected chi connectivity index (χ4v) is 2.49. The van der Waals surface area contributed by atoms with E-state index in [0.717, 1.165) is 57.3 Å². The van der Waals surface area contributed by atoms with Crippen LogP contribution in [-0.2, 0) is 11.2 Å². The Hall–Kier alpha value is -1.31. The predicted octanol–water partition coefficient (Wildman–Crippen LogP) is 5.50. The second-order valence-corrected chi connectivity index (χ2v) is 6.27. The molecule has 0 heterocycles. The fraction of sp³-hybridized carbons (Fsp3) is 0.650. The topological polar surface area (TPSA) is 26.3 Å². The van der Waals surface area contributed by atoms with Gasteiger partial charge in [0.15, 0.2) is 0 Å². The van der Waals surface area contributed by atoms with E-state index in [9.17, 15) is 4.79 Å². The minimum atomic E-state index is 0.231. The summed E-state index contributed by atoms with van der Waals surface area (Å²) in [6.45, 7) is 9.17. The van der Waals surface area contributed by atoms with E-state index in [0.29, 0.717) is 5.78 Å². The molecule has 0 amide bonds. The van der Waals surface area contributed by atoms with Gasteiger partial charge >= 0.3 is 0 Å². The normalized spacial score (nSPS) is 12.2. The third kappa shape index (κ3) is 6.64. The highest BCUT2D eigenvalue weighted by Gasteiger charge is 2.09. The summed E-state index contributed by atoms with van der Waals surface area (Å²) in [6.07, 6.45) is 7.11. The van der Waals surface area contributed by atoms with E-state index in [1.54, 1.807) is 0 Å². The fourth-order valence-electron chi connectivity index (χ4n) is 2.49. The highest BCUT2D eigenvalue weighted by Crippen LogP contribution is 2.20. The average molecular weight is 304 g/mol. The number of hydrogen-bond donors (Lipinski definition) is 0. The number of rotatable bonds is 11. The van der Waals surface area contributed by atoms with Gasteiger partial charge in [-0.2, -0.15) is 0 Å². The zero-order valence-electron chi connectivity index (χ0n) is 14.8. The second-order valence-electron chi connectivity index (χ2n) is 6.27. The SMILES string of the molecule is CCCOc1ccc(C)c(CCCCCC(=O)C(C)CC)c1. The summed E-state index contributed by atoms with van der Waals surface area (Å²) in [5.41, 5.74) is 2.71. The first kappa shape index (κ1) is 18.7. The molecule has 0 spiro atoms. The van der Waals surface area contributed by atoms with Crippen molar-refractivity contribution in [2.24, 2.45) is 5.92 Å². The van der Waals surface area contributed by atoms with E-state index in [2.05, 4.69) is 39.0 Å². The number of ketones is 1. The van der Waals surface area contributed by atoms with Crippen LogP contribution >= 0.6 is 0 Å². The van der Waals surface area contributed by atoms with Gasteiger partial charge < -0.3 is 4.74 Å². The van der Waals surface area contributed by atoms with Gasteiger partial charge in [0.05, 0.1) is 6.61 Å². The van der Waals surface area contributed by atoms with Gasteiger partial charge in [0.1, 0.15) is 11.5 Å². The smallest absolute Gasteiger partial charge is 0.135 e. The summed E-state index contributed by atoms with van der Waals surface area (Å²) in [7, 11) is 0. The summed E-state index contributed by atoms with van der Waals surface area (Å²) in [5, 5.41) is 0. The lowest BCUT2D eigenvalue weighted by molar-refractivity contribution is -0.122. The molecule has 0 aliphatic rings. The Morgan fingerprint density at radius 2 is 1.95 bits per heavy atom. The van der Waals surface area contributed by atoms with Gasteiger partial charge in [0.25, 0.3) is 0 Å². The molecular weight excluding hydrogens is 272 g/mol. The molecule has 22 heavy (non-hydrogen) atoms. The summed E-state index contributed by atoms with van der Waals surface area (Å²) < 4.78 is 5.70. The largest absolute Gasteiger partial charge is 0.494 e. The van der Waals surface area contributed by atoms with E-state index < -0.39 is 0 Å². The molecule has 1 unspecified atom stereocenters. The summed E-state index contributed by atoms with van der Waals surface area (Å²) in [4.78, 5) is 11.8. The number of ether oxygens (including phenoxy) is 1. The Bertz CT molecular complexity index is 451. The Morgan fingerprint density at radius 1 is 1.18 bits per heavy atom. The number of Topliss-reactive ketones (excluding diaryl/α,β-unsaturated/α-hetero) is 1. The Kier molecular flexibility index (Phi) is 8.88. The maximum atomic E-state index is 11.8. The number of carbonyl (C=O) groups is 1. The van der Waals surface area contributed by atoms with Gasteiger partial charge in [-0.3, -0.25) is 4.79 Å². The molecule has 1 aromatic rings. The van der Waals surface area contributed by atoms with Crippen LogP contribution in [-0.4, -0.2) is 12.4 Å². The van der Waals surface area contributed by atoms with Gasteiger partial charge in [-0.25, -0.2) is 0 Å².